The summed E-state index contributed by atoms with van der Waals surface area (Å²) in [5.74, 6) is 0.949. The van der Waals surface area contributed by atoms with Gasteiger partial charge in [0.2, 0.25) is 0 Å². The Morgan fingerprint density at radius 1 is 1.31 bits per heavy atom. The molecule has 1 aromatic heterocycles. The van der Waals surface area contributed by atoms with Crippen molar-refractivity contribution in [1.82, 2.24) is 8.75 Å². The molecule has 0 radical (unpaired) electrons. The minimum atomic E-state index is 0.888. The molecule has 0 unspecified atom stereocenters. The quantitative estimate of drug-likeness (QED) is 0.457. The molecule has 0 atom stereocenters. The van der Waals surface area contributed by atoms with E-state index in [1.807, 2.05) is 18.2 Å². The van der Waals surface area contributed by atoms with Crippen LogP contribution in [0.25, 0.3) is 0 Å². The van der Waals surface area contributed by atoms with E-state index in [1.165, 1.54) is 26.6 Å². The van der Waals surface area contributed by atoms with Crippen LogP contribution in [-0.4, -0.2) is 8.75 Å². The van der Waals surface area contributed by atoms with E-state index in [0.29, 0.717) is 0 Å². The van der Waals surface area contributed by atoms with E-state index in [2.05, 4.69) is 20.9 Å². The highest BCUT2D eigenvalue weighted by Gasteiger charge is 2.06. The largest absolute Gasteiger partial charge is 0.463 e. The van der Waals surface area contributed by atoms with Crippen molar-refractivity contribution in [2.24, 2.45) is 0 Å². The van der Waals surface area contributed by atoms with E-state index in [-0.39, 0.29) is 0 Å². The van der Waals surface area contributed by atoms with Gasteiger partial charge in [-0.15, -0.1) is 4.37 Å². The van der Waals surface area contributed by atoms with Gasteiger partial charge in [-0.05, 0) is 5.56 Å². The van der Waals surface area contributed by atoms with Crippen molar-refractivity contribution in [3.8, 4) is 0 Å². The second-order valence-electron chi connectivity index (χ2n) is 2.39. The van der Waals surface area contributed by atoms with Crippen LogP contribution in [0.5, 0.6) is 0 Å². The Kier molecular flexibility index (Phi) is 3.23. The van der Waals surface area contributed by atoms with Gasteiger partial charge in [-0.1, -0.05) is 42.1 Å². The highest BCUT2D eigenvalue weighted by atomic mass is 32.9. The first-order chi connectivity index (χ1) is 6.45. The molecular weight excluding hydrogens is 220 g/mol. The summed E-state index contributed by atoms with van der Waals surface area (Å²) >= 11 is 1.68. The molecule has 0 amide bonds. The van der Waals surface area contributed by atoms with E-state index < -0.39 is 0 Å². The summed E-state index contributed by atoms with van der Waals surface area (Å²) in [5, 5.41) is 0.888. The zero-order valence-electron chi connectivity index (χ0n) is 6.71. The van der Waals surface area contributed by atoms with Gasteiger partial charge in [0.15, 0.2) is 0 Å². The van der Waals surface area contributed by atoms with Gasteiger partial charge in [-0.25, -0.2) is 0 Å². The molecule has 2 nitrogen and oxygen atoms in total. The molecule has 2 aromatic rings. The van der Waals surface area contributed by atoms with Crippen LogP contribution >= 0.6 is 32.8 Å². The van der Waals surface area contributed by atoms with Crippen molar-refractivity contribution in [2.45, 2.75) is 10.9 Å². The summed E-state index contributed by atoms with van der Waals surface area (Å²) in [5.41, 5.74) is 1.31. The lowest BCUT2D eigenvalue weighted by molar-refractivity contribution is 1.12. The Bertz CT molecular complexity index is 347. The summed E-state index contributed by atoms with van der Waals surface area (Å²) in [4.78, 5) is 0. The molecule has 0 saturated carbocycles. The molecule has 0 aliphatic rings. The third kappa shape index (κ3) is 2.72. The van der Waals surface area contributed by atoms with Gasteiger partial charge in [0.25, 0.3) is 5.16 Å². The summed E-state index contributed by atoms with van der Waals surface area (Å²) in [6.07, 6.45) is 0. The molecule has 66 valence electrons. The van der Waals surface area contributed by atoms with E-state index >= 15 is 0 Å². The molecule has 0 aliphatic heterocycles. The molecular formula is C8H7N2S3+. The minimum absolute atomic E-state index is 0.888. The normalized spacial score (nSPS) is 10.2. The fraction of sp³-hybridized carbons (Fsp3) is 0.125. The summed E-state index contributed by atoms with van der Waals surface area (Å²) in [6.45, 7) is 0. The second-order valence-corrected chi connectivity index (χ2v) is 4.89. The molecule has 0 aliphatic carbocycles. The van der Waals surface area contributed by atoms with Crippen molar-refractivity contribution in [2.75, 3.05) is 0 Å². The van der Waals surface area contributed by atoms with Crippen molar-refractivity contribution in [3.63, 3.8) is 0 Å². The topological polar surface area (TPSA) is 25.8 Å². The number of thioether (sulfide) groups is 1. The lowest BCUT2D eigenvalue weighted by Crippen LogP contribution is -1.79. The maximum absolute atomic E-state index is 4.14. The van der Waals surface area contributed by atoms with Gasteiger partial charge in [0.05, 0.1) is 4.37 Å². The maximum atomic E-state index is 4.14. The van der Waals surface area contributed by atoms with Gasteiger partial charge < -0.3 is 0 Å². The van der Waals surface area contributed by atoms with Gasteiger partial charge in [0, 0.05) is 5.75 Å². The monoisotopic (exact) mass is 227 g/mol. The van der Waals surface area contributed by atoms with E-state index in [9.17, 15) is 0 Å². The Hall–Kier alpha value is -0.520. The van der Waals surface area contributed by atoms with Gasteiger partial charge >= 0.3 is 21.1 Å². The van der Waals surface area contributed by atoms with Gasteiger partial charge in [-0.3, -0.25) is 0 Å². The van der Waals surface area contributed by atoms with Crippen LogP contribution in [-0.2, 0) is 5.75 Å². The first-order valence-corrected chi connectivity index (χ1v) is 6.79. The molecule has 0 spiro atoms. The average Bonchev–Trinajstić information content (AvgIpc) is 2.69. The van der Waals surface area contributed by atoms with Crippen LogP contribution in [0.15, 0.2) is 35.5 Å². The summed E-state index contributed by atoms with van der Waals surface area (Å²) in [7, 11) is 2.87. The zero-order valence-corrected chi connectivity index (χ0v) is 9.16. The van der Waals surface area contributed by atoms with Crippen LogP contribution in [0, 0.1) is 0 Å². The van der Waals surface area contributed by atoms with Crippen LogP contribution in [0.1, 0.15) is 5.56 Å². The predicted octanol–water partition coefficient (Wildman–Crippen LogP) is 3.17. The standard InChI is InChI=1S/C8H7N2S3/c1-2-4-7(5-3-1)6-11-8-9-12-13-10-8/h1-5H,6H2/q+1. The number of hydrogen-bond acceptors (Lipinski definition) is 4. The molecule has 13 heavy (non-hydrogen) atoms. The summed E-state index contributed by atoms with van der Waals surface area (Å²) in [6, 6.07) is 10.4. The molecule has 0 saturated heterocycles. The summed E-state index contributed by atoms with van der Waals surface area (Å²) < 4.78 is 8.29. The van der Waals surface area contributed by atoms with Crippen molar-refractivity contribution >= 4 is 32.8 Å². The molecule has 1 heterocycles. The van der Waals surface area contributed by atoms with Gasteiger partial charge in [0.1, 0.15) is 0 Å². The second kappa shape index (κ2) is 4.64. The first-order valence-electron chi connectivity index (χ1n) is 3.74. The maximum Gasteiger partial charge on any atom is 0.463 e. The fourth-order valence-electron chi connectivity index (χ4n) is 0.889. The molecule has 2 rings (SSSR count). The molecule has 0 N–H and O–H groups in total. The number of aromatic nitrogens is 2. The molecule has 0 bridgehead atoms. The molecule has 5 heteroatoms. The zero-order chi connectivity index (χ0) is 8.93. The average molecular weight is 227 g/mol. The Balaban J connectivity index is 1.94. The number of nitrogens with zero attached hydrogens (tertiary/aromatic N) is 2. The van der Waals surface area contributed by atoms with E-state index in [0.717, 1.165) is 10.9 Å². The number of hydrogen-bond donors (Lipinski definition) is 0. The van der Waals surface area contributed by atoms with Crippen LogP contribution in [0.4, 0.5) is 0 Å². The highest BCUT2D eigenvalue weighted by Crippen LogP contribution is 2.20. The number of benzene rings is 1. The first kappa shape index (κ1) is 9.05. The third-order valence-corrected chi connectivity index (χ3v) is 3.83. The molecule has 0 fully saturated rings. The van der Waals surface area contributed by atoms with Crippen LogP contribution in [0.3, 0.4) is 0 Å². The Labute approximate surface area is 88.4 Å². The van der Waals surface area contributed by atoms with Crippen molar-refractivity contribution in [1.29, 1.82) is 0 Å². The lowest BCUT2D eigenvalue weighted by Gasteiger charge is -1.94. The van der Waals surface area contributed by atoms with Crippen LogP contribution < -0.4 is 0 Å². The Morgan fingerprint density at radius 2 is 2.15 bits per heavy atom. The van der Waals surface area contributed by atoms with Crippen LogP contribution in [0.2, 0.25) is 0 Å². The molecule has 1 aromatic carbocycles. The Morgan fingerprint density at radius 3 is 2.85 bits per heavy atom. The third-order valence-electron chi connectivity index (χ3n) is 1.47. The minimum Gasteiger partial charge on any atom is -0.105 e. The van der Waals surface area contributed by atoms with Gasteiger partial charge in [-0.2, -0.15) is 0 Å². The van der Waals surface area contributed by atoms with Crippen molar-refractivity contribution < 1.29 is 0 Å². The van der Waals surface area contributed by atoms with E-state index in [4.69, 9.17) is 0 Å². The lowest BCUT2D eigenvalue weighted by atomic mass is 10.2. The fourth-order valence-corrected chi connectivity index (χ4v) is 3.26. The smallest absolute Gasteiger partial charge is 0.105 e. The predicted molar refractivity (Wildman–Crippen MR) is 58.2 cm³/mol. The SMILES string of the molecule is c1ccc(CSc2ns[s+]n2)cc1. The van der Waals surface area contributed by atoms with E-state index in [1.54, 1.807) is 11.8 Å². The number of rotatable bonds is 3. The highest BCUT2D eigenvalue weighted by molar-refractivity contribution is 7.98. The van der Waals surface area contributed by atoms with Crippen molar-refractivity contribution in [3.05, 3.63) is 35.9 Å².